The molecule has 0 aliphatic carbocycles. The minimum atomic E-state index is 0.209. The van der Waals surface area contributed by atoms with E-state index in [1.165, 1.54) is 0 Å². The molecule has 0 aromatic heterocycles. The molecule has 37 valence electrons. The van der Waals surface area contributed by atoms with E-state index < -0.39 is 0 Å². The number of aliphatic hydroxyl groups excluding tert-OH is 1. The Morgan fingerprint density at radius 1 is 1.83 bits per heavy atom. The van der Waals surface area contributed by atoms with Crippen LogP contribution in [0.1, 0.15) is 0 Å². The molecule has 0 saturated carbocycles. The normalized spacial score (nSPS) is 9.00. The van der Waals surface area contributed by atoms with Gasteiger partial charge in [-0.3, -0.25) is 0 Å². The molecule has 0 aromatic rings. The van der Waals surface area contributed by atoms with Crippen molar-refractivity contribution in [2.75, 3.05) is 18.6 Å². The molecule has 6 heavy (non-hydrogen) atoms. The maximum absolute atomic E-state index is 8.13. The van der Waals surface area contributed by atoms with Crippen molar-refractivity contribution in [2.24, 2.45) is 0 Å². The molecule has 0 aromatic carbocycles. The third-order valence-corrected chi connectivity index (χ3v) is 0.983. The Morgan fingerprint density at radius 2 is 2.50 bits per heavy atom. The second-order valence-corrected chi connectivity index (χ2v) is 1.84. The molecule has 0 rings (SSSR count). The molecule has 1 nitrogen and oxygen atoms in total. The molecule has 0 heterocycles. The van der Waals surface area contributed by atoms with Gasteiger partial charge in [-0.2, -0.15) is 11.8 Å². The van der Waals surface area contributed by atoms with Crippen molar-refractivity contribution < 1.29 is 5.11 Å². The predicted octanol–water partition coefficient (Wildman–Crippen LogP) is 0.546. The summed E-state index contributed by atoms with van der Waals surface area (Å²) >= 11 is 1.71. The predicted molar refractivity (Wildman–Crippen MR) is 29.8 cm³/mol. The van der Waals surface area contributed by atoms with Crippen molar-refractivity contribution in [3.63, 3.8) is 0 Å². The maximum atomic E-state index is 8.13. The zero-order chi connectivity index (χ0) is 4.83. The Balaban J connectivity index is 2.34. The Kier molecular flexibility index (Phi) is 5.58. The van der Waals surface area contributed by atoms with E-state index in [0.29, 0.717) is 0 Å². The molecule has 0 bridgehead atoms. The first-order valence-electron chi connectivity index (χ1n) is 1.83. The van der Waals surface area contributed by atoms with Crippen LogP contribution in [0.5, 0.6) is 0 Å². The molecule has 0 aliphatic rings. The van der Waals surface area contributed by atoms with Crippen LogP contribution in [0.25, 0.3) is 0 Å². The van der Waals surface area contributed by atoms with Crippen LogP contribution in [0.2, 0.25) is 0 Å². The molecule has 0 fully saturated rings. The Hall–Kier alpha value is 0.310. The monoisotopic (exact) mass is 105 g/mol. The van der Waals surface area contributed by atoms with Gasteiger partial charge in [-0.1, -0.05) is 0 Å². The molecular weight excluding hydrogens is 96.1 g/mol. The highest BCUT2D eigenvalue weighted by Gasteiger charge is 1.77. The Morgan fingerprint density at radius 3 is 2.67 bits per heavy atom. The quantitative estimate of drug-likeness (QED) is 0.529. The van der Waals surface area contributed by atoms with Crippen LogP contribution in [0.4, 0.5) is 0 Å². The minimum Gasteiger partial charge on any atom is -0.396 e. The van der Waals surface area contributed by atoms with Gasteiger partial charge in [0.05, 0.1) is 0 Å². The second kappa shape index (κ2) is 5.31. The molecule has 0 atom stereocenters. The Bertz CT molecular complexity index is 19.5. The summed E-state index contributed by atoms with van der Waals surface area (Å²) in [6.45, 7) is 0.209. The van der Waals surface area contributed by atoms with E-state index in [9.17, 15) is 0 Å². The zero-order valence-electron chi connectivity index (χ0n) is 3.85. The fraction of sp³-hybridized carbons (Fsp3) is 0.750. The van der Waals surface area contributed by atoms with E-state index in [4.69, 9.17) is 5.11 Å². The lowest BCUT2D eigenvalue weighted by Gasteiger charge is -1.85. The van der Waals surface area contributed by atoms with Crippen molar-refractivity contribution in [1.82, 2.24) is 0 Å². The van der Waals surface area contributed by atoms with Crippen molar-refractivity contribution >= 4 is 11.8 Å². The van der Waals surface area contributed by atoms with Gasteiger partial charge in [0.15, 0.2) is 0 Å². The van der Waals surface area contributed by atoms with Crippen LogP contribution >= 0.6 is 11.8 Å². The fourth-order valence-electron chi connectivity index (χ4n) is 0.171. The first kappa shape index (κ1) is 6.31. The number of thioether (sulfide) groups is 1. The lowest BCUT2D eigenvalue weighted by atomic mass is 10.5. The first-order valence-corrected chi connectivity index (χ1v) is 3.22. The van der Waals surface area contributed by atoms with Crippen molar-refractivity contribution in [1.29, 1.82) is 0 Å². The minimum absolute atomic E-state index is 0.209. The molecule has 0 aliphatic heterocycles. The largest absolute Gasteiger partial charge is 0.396 e. The van der Waals surface area contributed by atoms with Crippen molar-refractivity contribution in [2.45, 2.75) is 0 Å². The average Bonchev–Trinajstić information content (AvgIpc) is 1.61. The van der Waals surface area contributed by atoms with Gasteiger partial charge in [0.25, 0.3) is 0 Å². The highest BCUT2D eigenvalue weighted by molar-refractivity contribution is 7.98. The molecule has 1 N–H and O–H groups in total. The SMILES string of the molecule is CSC[CH]CO. The van der Waals surface area contributed by atoms with Gasteiger partial charge in [0.2, 0.25) is 0 Å². The summed E-state index contributed by atoms with van der Waals surface area (Å²) in [7, 11) is 0. The summed E-state index contributed by atoms with van der Waals surface area (Å²) in [6, 6.07) is 0. The smallest absolute Gasteiger partial charge is 0.0470 e. The topological polar surface area (TPSA) is 20.2 Å². The van der Waals surface area contributed by atoms with Gasteiger partial charge in [0, 0.05) is 6.61 Å². The molecular formula is C4H9OS. The van der Waals surface area contributed by atoms with Crippen molar-refractivity contribution in [3.8, 4) is 0 Å². The highest BCUT2D eigenvalue weighted by Crippen LogP contribution is 1.90. The van der Waals surface area contributed by atoms with Gasteiger partial charge < -0.3 is 5.11 Å². The molecule has 0 spiro atoms. The van der Waals surface area contributed by atoms with Gasteiger partial charge in [-0.15, -0.1) is 0 Å². The van der Waals surface area contributed by atoms with E-state index in [2.05, 4.69) is 0 Å². The van der Waals surface area contributed by atoms with Crippen LogP contribution in [-0.4, -0.2) is 23.7 Å². The van der Waals surface area contributed by atoms with Crippen LogP contribution in [0.15, 0.2) is 0 Å². The Labute approximate surface area is 42.8 Å². The zero-order valence-corrected chi connectivity index (χ0v) is 4.66. The molecule has 0 unspecified atom stereocenters. The maximum Gasteiger partial charge on any atom is 0.0470 e. The van der Waals surface area contributed by atoms with E-state index in [-0.39, 0.29) is 6.61 Å². The van der Waals surface area contributed by atoms with Crippen LogP contribution in [-0.2, 0) is 0 Å². The van der Waals surface area contributed by atoms with E-state index in [1.807, 2.05) is 12.7 Å². The lowest BCUT2D eigenvalue weighted by molar-refractivity contribution is 0.329. The number of hydrogen-bond donors (Lipinski definition) is 1. The second-order valence-electron chi connectivity index (χ2n) is 0.927. The summed E-state index contributed by atoms with van der Waals surface area (Å²) in [5, 5.41) is 8.13. The number of rotatable bonds is 3. The van der Waals surface area contributed by atoms with Crippen LogP contribution < -0.4 is 0 Å². The van der Waals surface area contributed by atoms with E-state index >= 15 is 0 Å². The van der Waals surface area contributed by atoms with Gasteiger partial charge in [-0.05, 0) is 18.4 Å². The first-order chi connectivity index (χ1) is 2.91. The van der Waals surface area contributed by atoms with Gasteiger partial charge in [-0.25, -0.2) is 0 Å². The summed E-state index contributed by atoms with van der Waals surface area (Å²) in [5.74, 6) is 0.955. The lowest BCUT2D eigenvalue weighted by Crippen LogP contribution is -1.84. The average molecular weight is 105 g/mol. The summed E-state index contributed by atoms with van der Waals surface area (Å²) in [6.07, 6.45) is 3.83. The van der Waals surface area contributed by atoms with Crippen LogP contribution in [0, 0.1) is 6.42 Å². The van der Waals surface area contributed by atoms with Gasteiger partial charge in [0.1, 0.15) is 0 Å². The van der Waals surface area contributed by atoms with E-state index in [0.717, 1.165) is 5.75 Å². The van der Waals surface area contributed by atoms with Crippen LogP contribution in [0.3, 0.4) is 0 Å². The number of aliphatic hydroxyl groups is 1. The summed E-state index contributed by atoms with van der Waals surface area (Å²) in [5.41, 5.74) is 0. The third kappa shape index (κ3) is 4.31. The van der Waals surface area contributed by atoms with Gasteiger partial charge >= 0.3 is 0 Å². The fourth-order valence-corrected chi connectivity index (χ4v) is 0.512. The summed E-state index contributed by atoms with van der Waals surface area (Å²) in [4.78, 5) is 0. The third-order valence-electron chi connectivity index (χ3n) is 0.414. The van der Waals surface area contributed by atoms with E-state index in [1.54, 1.807) is 11.8 Å². The molecule has 0 amide bonds. The number of hydrogen-bond acceptors (Lipinski definition) is 2. The molecule has 2 heteroatoms. The van der Waals surface area contributed by atoms with Crippen molar-refractivity contribution in [3.05, 3.63) is 6.42 Å². The standard InChI is InChI=1S/C4H9OS/c1-6-4-2-3-5/h2,5H,3-4H2,1H3. The molecule has 0 saturated heterocycles. The molecule has 1 radical (unpaired) electrons. The summed E-state index contributed by atoms with van der Waals surface area (Å²) < 4.78 is 0. The highest BCUT2D eigenvalue weighted by atomic mass is 32.2.